The van der Waals surface area contributed by atoms with Gasteiger partial charge in [0.2, 0.25) is 0 Å². The molecular formula is C15H26O3. The highest BCUT2D eigenvalue weighted by molar-refractivity contribution is 5.83. The third-order valence-electron chi connectivity index (χ3n) is 4.75. The van der Waals surface area contributed by atoms with Crippen LogP contribution in [0.4, 0.5) is 0 Å². The summed E-state index contributed by atoms with van der Waals surface area (Å²) in [5, 5.41) is 0. The number of Topliss-reactive ketones (excluding diaryl/α,β-unsaturated/α-hetero) is 1. The summed E-state index contributed by atoms with van der Waals surface area (Å²) >= 11 is 0. The molecule has 2 heterocycles. The number of hydrogen-bond acceptors (Lipinski definition) is 3. The van der Waals surface area contributed by atoms with Crippen molar-refractivity contribution in [3.63, 3.8) is 0 Å². The van der Waals surface area contributed by atoms with Crippen molar-refractivity contribution >= 4 is 5.78 Å². The van der Waals surface area contributed by atoms with Crippen molar-refractivity contribution in [2.24, 2.45) is 17.8 Å². The van der Waals surface area contributed by atoms with E-state index in [1.54, 1.807) is 0 Å². The van der Waals surface area contributed by atoms with E-state index < -0.39 is 0 Å². The molecule has 0 aromatic carbocycles. The Hall–Kier alpha value is -0.410. The monoisotopic (exact) mass is 254 g/mol. The zero-order valence-corrected chi connectivity index (χ0v) is 11.9. The van der Waals surface area contributed by atoms with Crippen LogP contribution in [0.15, 0.2) is 0 Å². The Kier molecular flexibility index (Phi) is 4.44. The van der Waals surface area contributed by atoms with Crippen molar-refractivity contribution in [2.75, 3.05) is 19.8 Å². The minimum atomic E-state index is -0.0620. The first kappa shape index (κ1) is 14.0. The lowest BCUT2D eigenvalue weighted by Gasteiger charge is -2.43. The molecule has 0 aliphatic carbocycles. The molecule has 2 saturated heterocycles. The Morgan fingerprint density at radius 1 is 1.17 bits per heavy atom. The van der Waals surface area contributed by atoms with Crippen molar-refractivity contribution < 1.29 is 14.3 Å². The van der Waals surface area contributed by atoms with E-state index in [9.17, 15) is 4.79 Å². The zero-order chi connectivity index (χ0) is 13.2. The number of rotatable bonds is 3. The lowest BCUT2D eigenvalue weighted by Crippen LogP contribution is -2.46. The average molecular weight is 254 g/mol. The summed E-state index contributed by atoms with van der Waals surface area (Å²) in [4.78, 5) is 12.5. The third-order valence-corrected chi connectivity index (χ3v) is 4.75. The molecule has 0 aromatic rings. The van der Waals surface area contributed by atoms with Gasteiger partial charge in [0.1, 0.15) is 5.78 Å². The summed E-state index contributed by atoms with van der Waals surface area (Å²) in [6, 6.07) is 0. The maximum atomic E-state index is 12.5. The molecule has 18 heavy (non-hydrogen) atoms. The third kappa shape index (κ3) is 2.94. The summed E-state index contributed by atoms with van der Waals surface area (Å²) in [5.74, 6) is 1.25. The van der Waals surface area contributed by atoms with Crippen LogP contribution in [0.3, 0.4) is 0 Å². The van der Waals surface area contributed by atoms with Gasteiger partial charge in [-0.2, -0.15) is 0 Å². The van der Waals surface area contributed by atoms with Gasteiger partial charge in [-0.3, -0.25) is 4.79 Å². The van der Waals surface area contributed by atoms with Gasteiger partial charge in [-0.1, -0.05) is 20.8 Å². The van der Waals surface area contributed by atoms with Crippen LogP contribution in [0.2, 0.25) is 0 Å². The SMILES string of the molecule is CC(C)C(C)C(=O)C1CCOC2(CCOCC2)C1. The quantitative estimate of drug-likeness (QED) is 0.777. The van der Waals surface area contributed by atoms with E-state index in [2.05, 4.69) is 20.8 Å². The molecule has 3 heteroatoms. The normalized spacial score (nSPS) is 29.4. The van der Waals surface area contributed by atoms with Gasteiger partial charge in [0.05, 0.1) is 5.60 Å². The number of carbonyl (C=O) groups excluding carboxylic acids is 1. The molecule has 0 bridgehead atoms. The van der Waals surface area contributed by atoms with Crippen LogP contribution in [-0.2, 0) is 14.3 Å². The molecule has 2 aliphatic rings. The van der Waals surface area contributed by atoms with Gasteiger partial charge in [0.15, 0.2) is 0 Å². The smallest absolute Gasteiger partial charge is 0.139 e. The Morgan fingerprint density at radius 2 is 1.83 bits per heavy atom. The van der Waals surface area contributed by atoms with E-state index in [4.69, 9.17) is 9.47 Å². The first-order valence-corrected chi connectivity index (χ1v) is 7.29. The summed E-state index contributed by atoms with van der Waals surface area (Å²) in [5.41, 5.74) is -0.0620. The average Bonchev–Trinajstić information content (AvgIpc) is 2.38. The van der Waals surface area contributed by atoms with Crippen LogP contribution < -0.4 is 0 Å². The summed E-state index contributed by atoms with van der Waals surface area (Å²) in [7, 11) is 0. The minimum absolute atomic E-state index is 0.0620. The predicted molar refractivity (Wildman–Crippen MR) is 70.5 cm³/mol. The molecule has 104 valence electrons. The second-order valence-electron chi connectivity index (χ2n) is 6.27. The van der Waals surface area contributed by atoms with Crippen LogP contribution in [0.5, 0.6) is 0 Å². The number of ketones is 1. The Labute approximate surface area is 110 Å². The Balaban J connectivity index is 1.99. The summed E-state index contributed by atoms with van der Waals surface area (Å²) in [6.07, 6.45) is 3.71. The van der Waals surface area contributed by atoms with E-state index in [0.29, 0.717) is 11.7 Å². The maximum Gasteiger partial charge on any atom is 0.139 e. The topological polar surface area (TPSA) is 35.5 Å². The first-order valence-electron chi connectivity index (χ1n) is 7.29. The minimum Gasteiger partial charge on any atom is -0.381 e. The van der Waals surface area contributed by atoms with Crippen molar-refractivity contribution in [3.05, 3.63) is 0 Å². The van der Waals surface area contributed by atoms with Crippen LogP contribution in [-0.4, -0.2) is 31.2 Å². The van der Waals surface area contributed by atoms with Gasteiger partial charge in [0, 0.05) is 31.7 Å². The molecule has 1 spiro atoms. The second-order valence-corrected chi connectivity index (χ2v) is 6.27. The van der Waals surface area contributed by atoms with Gasteiger partial charge in [-0.15, -0.1) is 0 Å². The number of ether oxygens (including phenoxy) is 2. The highest BCUT2D eigenvalue weighted by Gasteiger charge is 2.42. The van der Waals surface area contributed by atoms with Crippen molar-refractivity contribution in [2.45, 2.75) is 52.1 Å². The Bertz CT molecular complexity index is 287. The second kappa shape index (κ2) is 5.70. The highest BCUT2D eigenvalue weighted by Crippen LogP contribution is 2.38. The van der Waals surface area contributed by atoms with Crippen molar-refractivity contribution in [3.8, 4) is 0 Å². The van der Waals surface area contributed by atoms with Gasteiger partial charge in [-0.25, -0.2) is 0 Å². The molecule has 0 amide bonds. The Morgan fingerprint density at radius 3 is 2.44 bits per heavy atom. The summed E-state index contributed by atoms with van der Waals surface area (Å²) < 4.78 is 11.4. The van der Waals surface area contributed by atoms with E-state index in [0.717, 1.165) is 45.5 Å². The fourth-order valence-corrected chi connectivity index (χ4v) is 3.06. The first-order chi connectivity index (χ1) is 8.54. The van der Waals surface area contributed by atoms with Crippen molar-refractivity contribution in [1.29, 1.82) is 0 Å². The van der Waals surface area contributed by atoms with Crippen LogP contribution in [0.25, 0.3) is 0 Å². The molecule has 0 radical (unpaired) electrons. The van der Waals surface area contributed by atoms with Gasteiger partial charge in [-0.05, 0) is 31.6 Å². The van der Waals surface area contributed by atoms with Gasteiger partial charge < -0.3 is 9.47 Å². The van der Waals surface area contributed by atoms with E-state index in [-0.39, 0.29) is 17.4 Å². The molecule has 2 aliphatic heterocycles. The molecule has 3 nitrogen and oxygen atoms in total. The lowest BCUT2D eigenvalue weighted by molar-refractivity contribution is -0.159. The number of carbonyl (C=O) groups is 1. The highest BCUT2D eigenvalue weighted by atomic mass is 16.5. The fourth-order valence-electron chi connectivity index (χ4n) is 3.06. The van der Waals surface area contributed by atoms with Crippen LogP contribution >= 0.6 is 0 Å². The van der Waals surface area contributed by atoms with Crippen LogP contribution in [0, 0.1) is 17.8 Å². The van der Waals surface area contributed by atoms with E-state index in [1.165, 1.54) is 0 Å². The molecule has 0 N–H and O–H groups in total. The summed E-state index contributed by atoms with van der Waals surface area (Å²) in [6.45, 7) is 8.62. The lowest BCUT2D eigenvalue weighted by atomic mass is 9.75. The molecule has 2 atom stereocenters. The largest absolute Gasteiger partial charge is 0.381 e. The maximum absolute atomic E-state index is 12.5. The van der Waals surface area contributed by atoms with Crippen molar-refractivity contribution in [1.82, 2.24) is 0 Å². The zero-order valence-electron chi connectivity index (χ0n) is 11.9. The van der Waals surface area contributed by atoms with E-state index in [1.807, 2.05) is 0 Å². The molecule has 2 rings (SSSR count). The molecule has 0 aromatic heterocycles. The molecule has 2 unspecified atom stereocenters. The van der Waals surface area contributed by atoms with Crippen LogP contribution in [0.1, 0.15) is 46.5 Å². The predicted octanol–water partition coefficient (Wildman–Crippen LogP) is 2.82. The molecular weight excluding hydrogens is 228 g/mol. The van der Waals surface area contributed by atoms with Gasteiger partial charge >= 0.3 is 0 Å². The van der Waals surface area contributed by atoms with Gasteiger partial charge in [0.25, 0.3) is 0 Å². The standard InChI is InChI=1S/C15H26O3/c1-11(2)12(3)14(16)13-4-7-18-15(10-13)5-8-17-9-6-15/h11-13H,4-10H2,1-3H3. The fraction of sp³-hybridized carbons (Fsp3) is 0.933. The van der Waals surface area contributed by atoms with E-state index >= 15 is 0 Å². The number of hydrogen-bond donors (Lipinski definition) is 0. The molecule has 0 saturated carbocycles. The molecule has 2 fully saturated rings.